The van der Waals surface area contributed by atoms with Gasteiger partial charge in [0.15, 0.2) is 5.82 Å². The van der Waals surface area contributed by atoms with Crippen LogP contribution in [0.1, 0.15) is 6.92 Å². The molecule has 10 heteroatoms. The van der Waals surface area contributed by atoms with Crippen LogP contribution in [0, 0.1) is 17.5 Å². The summed E-state index contributed by atoms with van der Waals surface area (Å²) in [6.45, 7) is 1.81. The van der Waals surface area contributed by atoms with Crippen LogP contribution < -0.4 is 10.3 Å². The fraction of sp³-hybridized carbons (Fsp3) is 0.0909. The molecule has 4 aromatic rings. The van der Waals surface area contributed by atoms with E-state index < -0.39 is 33.0 Å². The third kappa shape index (κ3) is 3.90. The standard InChI is InChI=1S/C22H16F3N3O3S/c1-2-26-32(30,31)16-5-3-4-13(10-16)21-18-11-14(23)6-8-17(18)22(29)28(27-21)20-9-7-15(24)12-19(20)25/h3-12,26H,2H2,1H3. The molecule has 0 fully saturated rings. The van der Waals surface area contributed by atoms with Crippen molar-refractivity contribution in [3.63, 3.8) is 0 Å². The van der Waals surface area contributed by atoms with Crippen molar-refractivity contribution in [3.05, 3.63) is 88.5 Å². The van der Waals surface area contributed by atoms with Crippen molar-refractivity contribution in [1.82, 2.24) is 14.5 Å². The lowest BCUT2D eigenvalue weighted by Crippen LogP contribution is -2.24. The second-order valence-electron chi connectivity index (χ2n) is 6.88. The molecule has 0 saturated heterocycles. The van der Waals surface area contributed by atoms with Gasteiger partial charge in [-0.3, -0.25) is 4.79 Å². The SMILES string of the molecule is CCNS(=O)(=O)c1cccc(-c2nn(-c3ccc(F)cc3F)c(=O)c3ccc(F)cc23)c1. The molecule has 32 heavy (non-hydrogen) atoms. The van der Waals surface area contributed by atoms with Gasteiger partial charge in [0.25, 0.3) is 5.56 Å². The highest BCUT2D eigenvalue weighted by molar-refractivity contribution is 7.89. The third-order valence-electron chi connectivity index (χ3n) is 4.75. The summed E-state index contributed by atoms with van der Waals surface area (Å²) >= 11 is 0. The Morgan fingerprint density at radius 2 is 1.66 bits per heavy atom. The van der Waals surface area contributed by atoms with Crippen molar-refractivity contribution in [3.8, 4) is 16.9 Å². The molecule has 6 nitrogen and oxygen atoms in total. The summed E-state index contributed by atoms with van der Waals surface area (Å²) in [6.07, 6.45) is 0. The second-order valence-corrected chi connectivity index (χ2v) is 8.65. The van der Waals surface area contributed by atoms with E-state index in [4.69, 9.17) is 0 Å². The maximum Gasteiger partial charge on any atom is 0.279 e. The van der Waals surface area contributed by atoms with E-state index in [1.54, 1.807) is 6.92 Å². The van der Waals surface area contributed by atoms with Crippen molar-refractivity contribution in [1.29, 1.82) is 0 Å². The summed E-state index contributed by atoms with van der Waals surface area (Å²) in [5, 5.41) is 4.35. The molecule has 0 aliphatic carbocycles. The Morgan fingerprint density at radius 1 is 0.938 bits per heavy atom. The van der Waals surface area contributed by atoms with Gasteiger partial charge in [0, 0.05) is 23.6 Å². The Balaban J connectivity index is 2.05. The summed E-state index contributed by atoms with van der Waals surface area (Å²) < 4.78 is 69.8. The largest absolute Gasteiger partial charge is 0.279 e. The highest BCUT2D eigenvalue weighted by Crippen LogP contribution is 2.28. The van der Waals surface area contributed by atoms with Gasteiger partial charge in [-0.25, -0.2) is 26.3 Å². The number of halogens is 3. The van der Waals surface area contributed by atoms with Crippen molar-refractivity contribution < 1.29 is 21.6 Å². The van der Waals surface area contributed by atoms with E-state index >= 15 is 0 Å². The molecule has 1 heterocycles. The summed E-state index contributed by atoms with van der Waals surface area (Å²) in [5.41, 5.74) is -0.738. The Bertz CT molecular complexity index is 1520. The van der Waals surface area contributed by atoms with E-state index in [0.717, 1.165) is 28.9 Å². The van der Waals surface area contributed by atoms with Gasteiger partial charge < -0.3 is 0 Å². The topological polar surface area (TPSA) is 81.1 Å². The second kappa shape index (κ2) is 8.21. The van der Waals surface area contributed by atoms with Gasteiger partial charge in [-0.05, 0) is 42.5 Å². The van der Waals surface area contributed by atoms with E-state index in [9.17, 15) is 26.4 Å². The first-order valence-corrected chi connectivity index (χ1v) is 11.0. The number of nitrogens with one attached hydrogen (secondary N) is 1. The molecule has 164 valence electrons. The summed E-state index contributed by atoms with van der Waals surface area (Å²) in [5.74, 6) is -2.48. The van der Waals surface area contributed by atoms with Gasteiger partial charge in [0.05, 0.1) is 16.0 Å². The van der Waals surface area contributed by atoms with Crippen LogP contribution in [0.4, 0.5) is 13.2 Å². The molecule has 3 aromatic carbocycles. The highest BCUT2D eigenvalue weighted by Gasteiger charge is 2.19. The van der Waals surface area contributed by atoms with Gasteiger partial charge >= 0.3 is 0 Å². The minimum absolute atomic E-state index is 0.0278. The monoisotopic (exact) mass is 459 g/mol. The van der Waals surface area contributed by atoms with E-state index in [0.29, 0.717) is 6.07 Å². The number of fused-ring (bicyclic) bond motifs is 1. The smallest absolute Gasteiger partial charge is 0.267 e. The van der Waals surface area contributed by atoms with Gasteiger partial charge in [-0.1, -0.05) is 19.1 Å². The number of hydrogen-bond acceptors (Lipinski definition) is 4. The van der Waals surface area contributed by atoms with Gasteiger partial charge in [-0.2, -0.15) is 9.78 Å². The predicted octanol–water partition coefficient (Wildman–Crippen LogP) is 3.77. The third-order valence-corrected chi connectivity index (χ3v) is 6.29. The Labute approximate surface area is 181 Å². The molecular weight excluding hydrogens is 443 g/mol. The molecule has 0 radical (unpaired) electrons. The Kier molecular flexibility index (Phi) is 5.57. The number of nitrogens with zero attached hydrogens (tertiary/aromatic N) is 2. The molecule has 0 bridgehead atoms. The summed E-state index contributed by atoms with van der Waals surface area (Å²) in [7, 11) is -3.81. The van der Waals surface area contributed by atoms with Gasteiger partial charge in [0.1, 0.15) is 17.3 Å². The molecule has 4 rings (SSSR count). The van der Waals surface area contributed by atoms with E-state index in [1.165, 1.54) is 30.3 Å². The zero-order valence-electron chi connectivity index (χ0n) is 16.6. The van der Waals surface area contributed by atoms with Crippen LogP contribution in [0.3, 0.4) is 0 Å². The molecule has 0 unspecified atom stereocenters. The van der Waals surface area contributed by atoms with Crippen LogP contribution in [0.5, 0.6) is 0 Å². The fourth-order valence-corrected chi connectivity index (χ4v) is 4.41. The molecule has 0 spiro atoms. The number of aromatic nitrogens is 2. The van der Waals surface area contributed by atoms with Crippen molar-refractivity contribution in [2.75, 3.05) is 6.54 Å². The minimum atomic E-state index is -3.81. The molecule has 0 atom stereocenters. The fourth-order valence-electron chi connectivity index (χ4n) is 3.33. The first-order chi connectivity index (χ1) is 15.2. The van der Waals surface area contributed by atoms with E-state index in [2.05, 4.69) is 9.82 Å². The Morgan fingerprint density at radius 3 is 2.38 bits per heavy atom. The maximum atomic E-state index is 14.4. The predicted molar refractivity (Wildman–Crippen MR) is 114 cm³/mol. The normalized spacial score (nSPS) is 11.8. The summed E-state index contributed by atoms with van der Waals surface area (Å²) in [6, 6.07) is 11.8. The number of sulfonamides is 1. The summed E-state index contributed by atoms with van der Waals surface area (Å²) in [4.78, 5) is 12.9. The van der Waals surface area contributed by atoms with Crippen LogP contribution >= 0.6 is 0 Å². The highest BCUT2D eigenvalue weighted by atomic mass is 32.2. The van der Waals surface area contributed by atoms with Crippen LogP contribution in [-0.2, 0) is 10.0 Å². The molecule has 1 N–H and O–H groups in total. The van der Waals surface area contributed by atoms with Crippen LogP contribution in [-0.4, -0.2) is 24.7 Å². The van der Waals surface area contributed by atoms with Gasteiger partial charge in [0.2, 0.25) is 10.0 Å². The van der Waals surface area contributed by atoms with Crippen molar-refractivity contribution in [2.45, 2.75) is 11.8 Å². The lowest BCUT2D eigenvalue weighted by Gasteiger charge is -2.13. The maximum absolute atomic E-state index is 14.4. The number of hydrogen-bond donors (Lipinski definition) is 1. The Hall–Kier alpha value is -3.50. The zero-order chi connectivity index (χ0) is 23.0. The first kappa shape index (κ1) is 21.7. The van der Waals surface area contributed by atoms with Crippen molar-refractivity contribution >= 4 is 20.8 Å². The average molecular weight is 459 g/mol. The molecule has 0 saturated carbocycles. The minimum Gasteiger partial charge on any atom is -0.267 e. The number of benzene rings is 3. The van der Waals surface area contributed by atoms with Crippen LogP contribution in [0.25, 0.3) is 27.7 Å². The van der Waals surface area contributed by atoms with Gasteiger partial charge in [-0.15, -0.1) is 0 Å². The number of rotatable bonds is 5. The lowest BCUT2D eigenvalue weighted by molar-refractivity contribution is 0.571. The van der Waals surface area contributed by atoms with E-state index in [-0.39, 0.29) is 39.2 Å². The first-order valence-electron chi connectivity index (χ1n) is 9.49. The molecule has 0 aliphatic rings. The van der Waals surface area contributed by atoms with E-state index in [1.807, 2.05) is 0 Å². The molecule has 0 amide bonds. The van der Waals surface area contributed by atoms with Crippen LogP contribution in [0.15, 0.2) is 70.4 Å². The molecular formula is C22H16F3N3O3S. The zero-order valence-corrected chi connectivity index (χ0v) is 17.5. The average Bonchev–Trinajstić information content (AvgIpc) is 2.75. The van der Waals surface area contributed by atoms with Crippen molar-refractivity contribution in [2.24, 2.45) is 0 Å². The lowest BCUT2D eigenvalue weighted by atomic mass is 10.0. The molecule has 1 aromatic heterocycles. The quantitative estimate of drug-likeness (QED) is 0.493. The molecule has 0 aliphatic heterocycles. The van der Waals surface area contributed by atoms with Crippen LogP contribution in [0.2, 0.25) is 0 Å².